The van der Waals surface area contributed by atoms with Gasteiger partial charge in [0, 0.05) is 18.9 Å². The van der Waals surface area contributed by atoms with E-state index in [-0.39, 0.29) is 5.41 Å². The molecule has 2 aromatic rings. The van der Waals surface area contributed by atoms with Crippen molar-refractivity contribution in [3.63, 3.8) is 0 Å². The highest BCUT2D eigenvalue weighted by atomic mass is 16.5. The number of hydrogen-bond acceptors (Lipinski definition) is 6. The second kappa shape index (κ2) is 5.66. The van der Waals surface area contributed by atoms with E-state index in [4.69, 9.17) is 4.52 Å². The van der Waals surface area contributed by atoms with E-state index >= 15 is 0 Å². The maximum Gasteiger partial charge on any atom is 0.240 e. The first-order valence-electron chi connectivity index (χ1n) is 7.16. The third kappa shape index (κ3) is 2.43. The summed E-state index contributed by atoms with van der Waals surface area (Å²) in [5.74, 6) is 1.70. The molecule has 1 atom stereocenters. The Morgan fingerprint density at radius 3 is 2.85 bits per heavy atom. The largest absolute Gasteiger partial charge is 0.338 e. The van der Waals surface area contributed by atoms with Crippen molar-refractivity contribution in [2.24, 2.45) is 0 Å². The number of hydrogen-bond donors (Lipinski definition) is 1. The van der Waals surface area contributed by atoms with Crippen LogP contribution >= 0.6 is 0 Å². The Morgan fingerprint density at radius 1 is 1.30 bits per heavy atom. The highest BCUT2D eigenvalue weighted by Gasteiger charge is 2.38. The Kier molecular flexibility index (Phi) is 3.73. The first-order chi connectivity index (χ1) is 9.84. The average molecular weight is 273 g/mol. The second-order valence-corrected chi connectivity index (χ2v) is 5.31. The molecule has 0 radical (unpaired) electrons. The predicted molar refractivity (Wildman–Crippen MR) is 74.0 cm³/mol. The van der Waals surface area contributed by atoms with Gasteiger partial charge >= 0.3 is 0 Å². The maximum atomic E-state index is 5.53. The van der Waals surface area contributed by atoms with Gasteiger partial charge in [-0.2, -0.15) is 4.98 Å². The SMILES string of the molecule is CCCC1(c2nc(-c3ncccn3)no2)CCCNC1. The lowest BCUT2D eigenvalue weighted by Gasteiger charge is -2.34. The molecule has 1 aliphatic rings. The van der Waals surface area contributed by atoms with Crippen LogP contribution in [0.1, 0.15) is 38.5 Å². The molecule has 0 spiro atoms. The van der Waals surface area contributed by atoms with E-state index in [0.717, 1.165) is 38.8 Å². The summed E-state index contributed by atoms with van der Waals surface area (Å²) in [5, 5.41) is 7.50. The predicted octanol–water partition coefficient (Wildman–Crippen LogP) is 1.95. The summed E-state index contributed by atoms with van der Waals surface area (Å²) in [6.45, 7) is 4.15. The van der Waals surface area contributed by atoms with Crippen LogP contribution in [-0.2, 0) is 5.41 Å². The van der Waals surface area contributed by atoms with Gasteiger partial charge in [0.1, 0.15) is 0 Å². The van der Waals surface area contributed by atoms with Gasteiger partial charge in [-0.05, 0) is 31.9 Å². The first kappa shape index (κ1) is 13.2. The van der Waals surface area contributed by atoms with Crippen LogP contribution in [0, 0.1) is 0 Å². The first-order valence-corrected chi connectivity index (χ1v) is 7.16. The van der Waals surface area contributed by atoms with Crippen molar-refractivity contribution in [2.75, 3.05) is 13.1 Å². The van der Waals surface area contributed by atoms with Gasteiger partial charge in [0.2, 0.25) is 17.5 Å². The Morgan fingerprint density at radius 2 is 2.15 bits per heavy atom. The van der Waals surface area contributed by atoms with Crippen molar-refractivity contribution in [2.45, 2.75) is 38.0 Å². The summed E-state index contributed by atoms with van der Waals surface area (Å²) < 4.78 is 5.53. The van der Waals surface area contributed by atoms with E-state index in [1.54, 1.807) is 18.5 Å². The van der Waals surface area contributed by atoms with Crippen molar-refractivity contribution in [1.82, 2.24) is 25.4 Å². The molecule has 6 nitrogen and oxygen atoms in total. The molecule has 0 aromatic carbocycles. The summed E-state index contributed by atoms with van der Waals surface area (Å²) in [4.78, 5) is 12.9. The zero-order chi connectivity index (χ0) is 13.8. The molecule has 0 amide bonds. The fourth-order valence-corrected chi connectivity index (χ4v) is 2.89. The van der Waals surface area contributed by atoms with Gasteiger partial charge in [-0.3, -0.25) is 0 Å². The fourth-order valence-electron chi connectivity index (χ4n) is 2.89. The molecule has 3 rings (SSSR count). The lowest BCUT2D eigenvalue weighted by Crippen LogP contribution is -2.43. The molecule has 2 aromatic heterocycles. The van der Waals surface area contributed by atoms with Crippen LogP contribution in [0.4, 0.5) is 0 Å². The molecule has 20 heavy (non-hydrogen) atoms. The zero-order valence-electron chi connectivity index (χ0n) is 11.7. The molecule has 0 saturated carbocycles. The van der Waals surface area contributed by atoms with E-state index in [1.165, 1.54) is 0 Å². The van der Waals surface area contributed by atoms with Crippen LogP contribution in [0.5, 0.6) is 0 Å². The van der Waals surface area contributed by atoms with Crippen LogP contribution in [0.2, 0.25) is 0 Å². The molecule has 0 aliphatic carbocycles. The minimum Gasteiger partial charge on any atom is -0.338 e. The number of nitrogens with one attached hydrogen (secondary N) is 1. The molecule has 0 bridgehead atoms. The molecule has 1 N–H and O–H groups in total. The quantitative estimate of drug-likeness (QED) is 0.917. The molecule has 1 unspecified atom stereocenters. The lowest BCUT2D eigenvalue weighted by molar-refractivity contribution is 0.213. The summed E-state index contributed by atoms with van der Waals surface area (Å²) in [7, 11) is 0. The fraction of sp³-hybridized carbons (Fsp3) is 0.571. The van der Waals surface area contributed by atoms with E-state index < -0.39 is 0 Å². The standard InChI is InChI=1S/C14H19N5O/c1-2-5-14(6-3-7-15-10-14)13-18-12(19-20-13)11-16-8-4-9-17-11/h4,8-9,15H,2-3,5-7,10H2,1H3. The Labute approximate surface area is 118 Å². The monoisotopic (exact) mass is 273 g/mol. The van der Waals surface area contributed by atoms with Crippen LogP contribution < -0.4 is 5.32 Å². The summed E-state index contributed by atoms with van der Waals surface area (Å²) >= 11 is 0. The Balaban J connectivity index is 1.91. The van der Waals surface area contributed by atoms with Gasteiger partial charge in [0.25, 0.3) is 0 Å². The number of piperidine rings is 1. The van der Waals surface area contributed by atoms with Gasteiger partial charge in [-0.25, -0.2) is 9.97 Å². The second-order valence-electron chi connectivity index (χ2n) is 5.31. The third-order valence-electron chi connectivity index (χ3n) is 3.85. The van der Waals surface area contributed by atoms with Gasteiger partial charge in [-0.1, -0.05) is 18.5 Å². The highest BCUT2D eigenvalue weighted by Crippen LogP contribution is 2.35. The van der Waals surface area contributed by atoms with Crippen molar-refractivity contribution in [1.29, 1.82) is 0 Å². The van der Waals surface area contributed by atoms with Crippen molar-refractivity contribution in [3.05, 3.63) is 24.4 Å². The van der Waals surface area contributed by atoms with Gasteiger partial charge in [0.05, 0.1) is 5.41 Å². The number of nitrogens with zero attached hydrogens (tertiary/aromatic N) is 4. The van der Waals surface area contributed by atoms with Crippen LogP contribution in [0.25, 0.3) is 11.6 Å². The van der Waals surface area contributed by atoms with E-state index in [0.29, 0.717) is 17.5 Å². The molecule has 6 heteroatoms. The van der Waals surface area contributed by atoms with Gasteiger partial charge < -0.3 is 9.84 Å². The lowest BCUT2D eigenvalue weighted by atomic mass is 9.77. The molecule has 1 fully saturated rings. The van der Waals surface area contributed by atoms with Crippen molar-refractivity contribution < 1.29 is 4.52 Å². The maximum absolute atomic E-state index is 5.53. The smallest absolute Gasteiger partial charge is 0.240 e. The zero-order valence-corrected chi connectivity index (χ0v) is 11.7. The molecular formula is C14H19N5O. The average Bonchev–Trinajstić information content (AvgIpc) is 3.00. The molecule has 1 saturated heterocycles. The third-order valence-corrected chi connectivity index (χ3v) is 3.85. The Hall–Kier alpha value is -1.82. The van der Waals surface area contributed by atoms with Crippen LogP contribution in [0.15, 0.2) is 23.0 Å². The topological polar surface area (TPSA) is 76.7 Å². The van der Waals surface area contributed by atoms with E-state index in [9.17, 15) is 0 Å². The summed E-state index contributed by atoms with van der Waals surface area (Å²) in [5.41, 5.74) is -0.0347. The van der Waals surface area contributed by atoms with E-state index in [2.05, 4.69) is 32.3 Å². The number of rotatable bonds is 4. The molecule has 106 valence electrons. The van der Waals surface area contributed by atoms with Crippen molar-refractivity contribution in [3.8, 4) is 11.6 Å². The summed E-state index contributed by atoms with van der Waals surface area (Å²) in [6, 6.07) is 1.77. The van der Waals surface area contributed by atoms with Crippen LogP contribution in [-0.4, -0.2) is 33.2 Å². The van der Waals surface area contributed by atoms with Crippen molar-refractivity contribution >= 4 is 0 Å². The van der Waals surface area contributed by atoms with E-state index in [1.807, 2.05) is 0 Å². The molecular weight excluding hydrogens is 254 g/mol. The minimum atomic E-state index is -0.0347. The molecule has 1 aliphatic heterocycles. The minimum absolute atomic E-state index is 0.0347. The number of aromatic nitrogens is 4. The van der Waals surface area contributed by atoms with Gasteiger partial charge in [-0.15, -0.1) is 0 Å². The normalized spacial score (nSPS) is 22.9. The summed E-state index contributed by atoms with van der Waals surface area (Å²) in [6.07, 6.45) is 7.74. The Bertz CT molecular complexity index is 542. The van der Waals surface area contributed by atoms with Crippen LogP contribution in [0.3, 0.4) is 0 Å². The van der Waals surface area contributed by atoms with Gasteiger partial charge in [0.15, 0.2) is 0 Å². The highest BCUT2D eigenvalue weighted by molar-refractivity contribution is 5.40. The molecule has 3 heterocycles.